The Labute approximate surface area is 139 Å². The summed E-state index contributed by atoms with van der Waals surface area (Å²) in [5.74, 6) is 0. The van der Waals surface area contributed by atoms with Gasteiger partial charge in [0.25, 0.3) is 0 Å². The fourth-order valence-electron chi connectivity index (χ4n) is 2.80. The quantitative estimate of drug-likeness (QED) is 0.752. The Hall–Kier alpha value is -2.29. The molecule has 0 spiro atoms. The van der Waals surface area contributed by atoms with Crippen LogP contribution in [0, 0.1) is 6.92 Å². The molecule has 2 amide bonds. The van der Waals surface area contributed by atoms with Crippen molar-refractivity contribution < 1.29 is 4.79 Å². The van der Waals surface area contributed by atoms with Crippen LogP contribution in [-0.2, 0) is 6.42 Å². The number of carbonyl (C=O) groups is 1. The highest BCUT2D eigenvalue weighted by atomic mass is 16.2. The maximum absolute atomic E-state index is 12.7. The lowest BCUT2D eigenvalue weighted by atomic mass is 10.1. The summed E-state index contributed by atoms with van der Waals surface area (Å²) in [5, 5.41) is 3.04. The Morgan fingerprint density at radius 3 is 2.48 bits per heavy atom. The van der Waals surface area contributed by atoms with E-state index in [2.05, 4.69) is 11.4 Å². The average Bonchev–Trinajstić information content (AvgIpc) is 2.81. The monoisotopic (exact) mass is 310 g/mol. The van der Waals surface area contributed by atoms with Gasteiger partial charge in [-0.3, -0.25) is 4.90 Å². The molecule has 0 aromatic heterocycles. The smallest absolute Gasteiger partial charge is 0.307 e. The van der Waals surface area contributed by atoms with Crippen LogP contribution in [0.2, 0.25) is 0 Å². The molecule has 1 aliphatic heterocycles. The number of urea groups is 1. The number of anilines is 2. The summed E-state index contributed by atoms with van der Waals surface area (Å²) in [6.45, 7) is 6.78. The molecular weight excluding hydrogens is 284 g/mol. The van der Waals surface area contributed by atoms with Crippen LogP contribution in [-0.4, -0.2) is 12.6 Å². The van der Waals surface area contributed by atoms with Crippen LogP contribution in [0.5, 0.6) is 0 Å². The largest absolute Gasteiger partial charge is 0.326 e. The minimum absolute atomic E-state index is 0.0429. The van der Waals surface area contributed by atoms with Crippen LogP contribution < -0.4 is 10.2 Å². The molecule has 0 saturated carbocycles. The number of nitrogens with one attached hydrogen (secondary N) is 1. The van der Waals surface area contributed by atoms with Gasteiger partial charge in [0.2, 0.25) is 0 Å². The predicted molar refractivity (Wildman–Crippen MR) is 98.3 cm³/mol. The van der Waals surface area contributed by atoms with Crippen LogP contribution in [0.3, 0.4) is 0 Å². The number of para-hydroxylation sites is 2. The van der Waals surface area contributed by atoms with Crippen molar-refractivity contribution in [3.05, 3.63) is 59.7 Å². The molecule has 3 rings (SSSR count). The van der Waals surface area contributed by atoms with Crippen LogP contribution in [0.4, 0.5) is 16.2 Å². The van der Waals surface area contributed by atoms with Crippen molar-refractivity contribution in [3.63, 3.8) is 0 Å². The maximum atomic E-state index is 12.7. The average molecular weight is 310 g/mol. The second kappa shape index (κ2) is 8.37. The number of hydrogen-bond donors (Lipinski definition) is 1. The molecule has 1 N–H and O–H groups in total. The van der Waals surface area contributed by atoms with E-state index in [1.54, 1.807) is 0 Å². The molecule has 3 heteroatoms. The maximum Gasteiger partial charge on any atom is 0.326 e. The third-order valence-corrected chi connectivity index (χ3v) is 3.99. The summed E-state index contributed by atoms with van der Waals surface area (Å²) in [5.41, 5.74) is 4.26. The number of aryl methyl sites for hydroxylation is 2. The lowest BCUT2D eigenvalue weighted by Gasteiger charge is -2.23. The van der Waals surface area contributed by atoms with Gasteiger partial charge in [-0.2, -0.15) is 0 Å². The van der Waals surface area contributed by atoms with E-state index in [0.717, 1.165) is 42.7 Å². The lowest BCUT2D eigenvalue weighted by Crippen LogP contribution is -2.35. The normalized spacial score (nSPS) is 13.3. The summed E-state index contributed by atoms with van der Waals surface area (Å²) < 4.78 is 0. The molecule has 1 aliphatic rings. The molecular formula is C20H26N2O. The first-order chi connectivity index (χ1) is 11.3. The fraction of sp³-hybridized carbons (Fsp3) is 0.350. The highest BCUT2D eigenvalue weighted by Gasteiger charge is 2.21. The molecule has 0 radical (unpaired) electrons. The van der Waals surface area contributed by atoms with E-state index in [0.29, 0.717) is 0 Å². The molecule has 23 heavy (non-hydrogen) atoms. The highest BCUT2D eigenvalue weighted by Crippen LogP contribution is 2.27. The molecule has 2 aromatic rings. The first kappa shape index (κ1) is 17.1. The number of carbonyl (C=O) groups excluding carboxylic acids is 1. The van der Waals surface area contributed by atoms with Gasteiger partial charge in [-0.15, -0.1) is 0 Å². The van der Waals surface area contributed by atoms with Gasteiger partial charge in [-0.25, -0.2) is 4.79 Å². The number of amides is 2. The van der Waals surface area contributed by atoms with Gasteiger partial charge in [0.05, 0.1) is 0 Å². The van der Waals surface area contributed by atoms with Crippen molar-refractivity contribution in [1.29, 1.82) is 0 Å². The van der Waals surface area contributed by atoms with Gasteiger partial charge in [0.15, 0.2) is 0 Å². The summed E-state index contributed by atoms with van der Waals surface area (Å²) in [6, 6.07) is 16.0. The number of fused-ring (bicyclic) bond motifs is 1. The SMILES string of the molecule is CC.Cc1ccccc1NC(=O)N1CCCCc2ccccc21. The molecule has 0 atom stereocenters. The fourth-order valence-corrected chi connectivity index (χ4v) is 2.80. The Balaban J connectivity index is 0.000000924. The minimum atomic E-state index is -0.0429. The number of nitrogens with zero attached hydrogens (tertiary/aromatic N) is 1. The van der Waals surface area contributed by atoms with Gasteiger partial charge in [-0.05, 0) is 49.4 Å². The van der Waals surface area contributed by atoms with Crippen LogP contribution in [0.15, 0.2) is 48.5 Å². The molecule has 3 nitrogen and oxygen atoms in total. The Morgan fingerprint density at radius 2 is 1.70 bits per heavy atom. The van der Waals surface area contributed by atoms with Gasteiger partial charge in [0, 0.05) is 17.9 Å². The molecule has 0 aliphatic carbocycles. The highest BCUT2D eigenvalue weighted by molar-refractivity contribution is 6.02. The molecule has 0 unspecified atom stereocenters. The Bertz CT molecular complexity index is 652. The van der Waals surface area contributed by atoms with Crippen molar-refractivity contribution in [3.8, 4) is 0 Å². The van der Waals surface area contributed by atoms with E-state index in [-0.39, 0.29) is 6.03 Å². The van der Waals surface area contributed by atoms with E-state index < -0.39 is 0 Å². The summed E-state index contributed by atoms with van der Waals surface area (Å²) >= 11 is 0. The first-order valence-corrected chi connectivity index (χ1v) is 8.48. The van der Waals surface area contributed by atoms with Crippen molar-refractivity contribution in [2.24, 2.45) is 0 Å². The number of benzene rings is 2. The zero-order valence-corrected chi connectivity index (χ0v) is 14.3. The van der Waals surface area contributed by atoms with E-state index in [4.69, 9.17) is 0 Å². The third kappa shape index (κ3) is 4.13. The van der Waals surface area contributed by atoms with Gasteiger partial charge < -0.3 is 5.32 Å². The van der Waals surface area contributed by atoms with Crippen molar-refractivity contribution in [1.82, 2.24) is 0 Å². The zero-order chi connectivity index (χ0) is 16.7. The molecule has 0 fully saturated rings. The molecule has 122 valence electrons. The van der Waals surface area contributed by atoms with Crippen LogP contribution in [0.1, 0.15) is 37.8 Å². The second-order valence-corrected chi connectivity index (χ2v) is 5.48. The zero-order valence-electron chi connectivity index (χ0n) is 14.3. The van der Waals surface area contributed by atoms with Crippen molar-refractivity contribution >= 4 is 17.4 Å². The Kier molecular flexibility index (Phi) is 6.21. The van der Waals surface area contributed by atoms with Gasteiger partial charge >= 0.3 is 6.03 Å². The van der Waals surface area contributed by atoms with E-state index in [1.807, 2.05) is 68.1 Å². The lowest BCUT2D eigenvalue weighted by molar-refractivity contribution is 0.257. The predicted octanol–water partition coefficient (Wildman–Crippen LogP) is 5.40. The first-order valence-electron chi connectivity index (χ1n) is 8.48. The molecule has 0 saturated heterocycles. The van der Waals surface area contributed by atoms with E-state index in [9.17, 15) is 4.79 Å². The van der Waals surface area contributed by atoms with E-state index in [1.165, 1.54) is 5.56 Å². The van der Waals surface area contributed by atoms with Crippen molar-refractivity contribution in [2.45, 2.75) is 40.0 Å². The minimum Gasteiger partial charge on any atom is -0.307 e. The molecule has 1 heterocycles. The molecule has 2 aromatic carbocycles. The number of hydrogen-bond acceptors (Lipinski definition) is 1. The standard InChI is InChI=1S/C18H20N2O.C2H6/c1-14-8-2-4-11-16(14)19-18(21)20-13-7-6-10-15-9-3-5-12-17(15)20;1-2/h2-5,8-9,11-12H,6-7,10,13H2,1H3,(H,19,21);1-2H3. The topological polar surface area (TPSA) is 32.3 Å². The molecule has 0 bridgehead atoms. The van der Waals surface area contributed by atoms with Crippen molar-refractivity contribution in [2.75, 3.05) is 16.8 Å². The summed E-state index contributed by atoms with van der Waals surface area (Å²) in [6.07, 6.45) is 3.21. The summed E-state index contributed by atoms with van der Waals surface area (Å²) in [4.78, 5) is 14.5. The van der Waals surface area contributed by atoms with Gasteiger partial charge in [-0.1, -0.05) is 50.2 Å². The van der Waals surface area contributed by atoms with E-state index >= 15 is 0 Å². The Morgan fingerprint density at radius 1 is 1.00 bits per heavy atom. The van der Waals surface area contributed by atoms with Crippen LogP contribution >= 0.6 is 0 Å². The van der Waals surface area contributed by atoms with Gasteiger partial charge in [0.1, 0.15) is 0 Å². The third-order valence-electron chi connectivity index (χ3n) is 3.99. The van der Waals surface area contributed by atoms with Crippen LogP contribution in [0.25, 0.3) is 0 Å². The second-order valence-electron chi connectivity index (χ2n) is 5.48. The summed E-state index contributed by atoms with van der Waals surface area (Å²) in [7, 11) is 0. The number of rotatable bonds is 1.